The first-order valence-electron chi connectivity index (χ1n) is 9.91. The van der Waals surface area contributed by atoms with E-state index in [1.165, 1.54) is 7.05 Å². The lowest BCUT2D eigenvalue weighted by Crippen LogP contribution is -2.29. The van der Waals surface area contributed by atoms with Gasteiger partial charge in [-0.1, -0.05) is 35.9 Å². The first-order valence-corrected chi connectivity index (χ1v) is 11.3. The SMILES string of the molecule is Cc1ccc(S(=O)(=O)N(C)c2ccccc2C(=O)Nc2cccc(OC(C)C)c2)cc1. The molecule has 0 unspecified atom stereocenters. The van der Waals surface area contributed by atoms with E-state index in [4.69, 9.17) is 4.74 Å². The van der Waals surface area contributed by atoms with E-state index in [-0.39, 0.29) is 22.3 Å². The van der Waals surface area contributed by atoms with Gasteiger partial charge in [-0.05, 0) is 57.2 Å². The topological polar surface area (TPSA) is 75.7 Å². The van der Waals surface area contributed by atoms with Crippen molar-refractivity contribution in [2.45, 2.75) is 31.8 Å². The molecule has 3 rings (SSSR count). The van der Waals surface area contributed by atoms with Gasteiger partial charge >= 0.3 is 0 Å². The van der Waals surface area contributed by atoms with Crippen LogP contribution >= 0.6 is 0 Å². The highest BCUT2D eigenvalue weighted by Crippen LogP contribution is 2.27. The minimum absolute atomic E-state index is 0.00677. The van der Waals surface area contributed by atoms with Crippen molar-refractivity contribution in [3.63, 3.8) is 0 Å². The van der Waals surface area contributed by atoms with E-state index in [2.05, 4.69) is 5.32 Å². The van der Waals surface area contributed by atoms with E-state index < -0.39 is 15.9 Å². The van der Waals surface area contributed by atoms with Crippen molar-refractivity contribution in [1.82, 2.24) is 0 Å². The largest absolute Gasteiger partial charge is 0.491 e. The summed E-state index contributed by atoms with van der Waals surface area (Å²) in [6.07, 6.45) is 0.00677. The third-order valence-corrected chi connectivity index (χ3v) is 6.42. The molecule has 0 saturated heterocycles. The summed E-state index contributed by atoms with van der Waals surface area (Å²) in [5, 5.41) is 2.83. The van der Waals surface area contributed by atoms with Crippen LogP contribution in [0.15, 0.2) is 77.7 Å². The first kappa shape index (κ1) is 22.4. The molecule has 0 aliphatic heterocycles. The summed E-state index contributed by atoms with van der Waals surface area (Å²) < 4.78 is 33.0. The molecule has 0 saturated carbocycles. The molecule has 0 aliphatic rings. The van der Waals surface area contributed by atoms with Crippen LogP contribution in [0.2, 0.25) is 0 Å². The number of hydrogen-bond donors (Lipinski definition) is 1. The number of amides is 1. The van der Waals surface area contributed by atoms with Gasteiger partial charge in [-0.25, -0.2) is 8.42 Å². The highest BCUT2D eigenvalue weighted by molar-refractivity contribution is 7.92. The van der Waals surface area contributed by atoms with Gasteiger partial charge in [0.25, 0.3) is 15.9 Å². The van der Waals surface area contributed by atoms with Crippen LogP contribution in [0.3, 0.4) is 0 Å². The zero-order valence-corrected chi connectivity index (χ0v) is 18.8. The van der Waals surface area contributed by atoms with Crippen molar-refractivity contribution >= 4 is 27.3 Å². The molecule has 0 aliphatic carbocycles. The van der Waals surface area contributed by atoms with E-state index in [1.54, 1.807) is 66.7 Å². The van der Waals surface area contributed by atoms with Crippen molar-refractivity contribution in [2.24, 2.45) is 0 Å². The average Bonchev–Trinajstić information content (AvgIpc) is 2.73. The van der Waals surface area contributed by atoms with E-state index >= 15 is 0 Å². The lowest BCUT2D eigenvalue weighted by molar-refractivity contribution is 0.102. The monoisotopic (exact) mass is 438 g/mol. The second kappa shape index (κ2) is 9.22. The van der Waals surface area contributed by atoms with E-state index in [9.17, 15) is 13.2 Å². The molecule has 0 bridgehead atoms. The Labute approximate surface area is 183 Å². The van der Waals surface area contributed by atoms with Gasteiger partial charge in [-0.3, -0.25) is 9.10 Å². The highest BCUT2D eigenvalue weighted by Gasteiger charge is 2.25. The van der Waals surface area contributed by atoms with Crippen molar-refractivity contribution in [3.8, 4) is 5.75 Å². The molecule has 1 amide bonds. The van der Waals surface area contributed by atoms with Crippen LogP contribution in [-0.2, 0) is 10.0 Å². The minimum atomic E-state index is -3.82. The van der Waals surface area contributed by atoms with Gasteiger partial charge in [0.05, 0.1) is 22.3 Å². The summed E-state index contributed by atoms with van der Waals surface area (Å²) in [4.78, 5) is 13.2. The molecule has 0 spiro atoms. The molecule has 0 radical (unpaired) electrons. The number of rotatable bonds is 7. The smallest absolute Gasteiger partial charge is 0.264 e. The maximum Gasteiger partial charge on any atom is 0.264 e. The Balaban J connectivity index is 1.89. The number of benzene rings is 3. The van der Waals surface area contributed by atoms with Crippen LogP contribution in [0.25, 0.3) is 0 Å². The van der Waals surface area contributed by atoms with Crippen LogP contribution in [0.1, 0.15) is 29.8 Å². The summed E-state index contributed by atoms with van der Waals surface area (Å²) in [6, 6.07) is 20.3. The number of nitrogens with zero attached hydrogens (tertiary/aromatic N) is 1. The van der Waals surface area contributed by atoms with Gasteiger partial charge < -0.3 is 10.1 Å². The molecule has 0 aromatic heterocycles. The number of carbonyl (C=O) groups excluding carboxylic acids is 1. The summed E-state index contributed by atoms with van der Waals surface area (Å²) in [5.41, 5.74) is 2.05. The zero-order valence-electron chi connectivity index (χ0n) is 18.0. The summed E-state index contributed by atoms with van der Waals surface area (Å²) in [5.74, 6) is 0.225. The molecule has 7 heteroatoms. The standard InChI is InChI=1S/C24H26N2O4S/c1-17(2)30-20-9-7-8-19(16-20)25-24(27)22-10-5-6-11-23(22)26(4)31(28,29)21-14-12-18(3)13-15-21/h5-17H,1-4H3,(H,25,27). The van der Waals surface area contributed by atoms with Gasteiger partial charge in [0.1, 0.15) is 5.75 Å². The molecule has 6 nitrogen and oxygen atoms in total. The number of carbonyl (C=O) groups is 1. The molecule has 0 heterocycles. The highest BCUT2D eigenvalue weighted by atomic mass is 32.2. The Bertz CT molecular complexity index is 1170. The number of hydrogen-bond acceptors (Lipinski definition) is 4. The number of aryl methyl sites for hydroxylation is 1. The Kier molecular flexibility index (Phi) is 6.65. The molecule has 31 heavy (non-hydrogen) atoms. The molecular formula is C24H26N2O4S. The molecular weight excluding hydrogens is 412 g/mol. The fraction of sp³-hybridized carbons (Fsp3) is 0.208. The maximum atomic E-state index is 13.1. The van der Waals surface area contributed by atoms with Crippen molar-refractivity contribution in [1.29, 1.82) is 0 Å². The second-order valence-corrected chi connectivity index (χ2v) is 9.42. The zero-order chi connectivity index (χ0) is 22.6. The quantitative estimate of drug-likeness (QED) is 0.572. The summed E-state index contributed by atoms with van der Waals surface area (Å²) in [6.45, 7) is 5.73. The van der Waals surface area contributed by atoms with Crippen LogP contribution in [0.5, 0.6) is 5.75 Å². The van der Waals surface area contributed by atoms with Crippen LogP contribution < -0.4 is 14.4 Å². The van der Waals surface area contributed by atoms with Crippen molar-refractivity contribution in [2.75, 3.05) is 16.7 Å². The third kappa shape index (κ3) is 5.24. The predicted octanol–water partition coefficient (Wildman–Crippen LogP) is 4.86. The lowest BCUT2D eigenvalue weighted by Gasteiger charge is -2.22. The normalized spacial score (nSPS) is 11.3. The Morgan fingerprint density at radius 1 is 0.968 bits per heavy atom. The number of para-hydroxylation sites is 1. The Morgan fingerprint density at radius 2 is 1.65 bits per heavy atom. The average molecular weight is 439 g/mol. The van der Waals surface area contributed by atoms with Crippen LogP contribution in [0, 0.1) is 6.92 Å². The van der Waals surface area contributed by atoms with Crippen LogP contribution in [0.4, 0.5) is 11.4 Å². The Hall–Kier alpha value is -3.32. The molecule has 3 aromatic rings. The Morgan fingerprint density at radius 3 is 2.32 bits per heavy atom. The molecule has 0 fully saturated rings. The number of anilines is 2. The summed E-state index contributed by atoms with van der Waals surface area (Å²) >= 11 is 0. The first-order chi connectivity index (χ1) is 14.7. The van der Waals surface area contributed by atoms with Gasteiger partial charge in [0.15, 0.2) is 0 Å². The second-order valence-electron chi connectivity index (χ2n) is 7.45. The van der Waals surface area contributed by atoms with Crippen molar-refractivity contribution in [3.05, 3.63) is 83.9 Å². The maximum absolute atomic E-state index is 13.1. The predicted molar refractivity (Wildman–Crippen MR) is 123 cm³/mol. The molecule has 0 atom stereocenters. The lowest BCUT2D eigenvalue weighted by atomic mass is 10.1. The minimum Gasteiger partial charge on any atom is -0.491 e. The van der Waals surface area contributed by atoms with E-state index in [1.807, 2.05) is 26.8 Å². The fourth-order valence-corrected chi connectivity index (χ4v) is 4.27. The van der Waals surface area contributed by atoms with Crippen molar-refractivity contribution < 1.29 is 17.9 Å². The van der Waals surface area contributed by atoms with E-state index in [0.29, 0.717) is 11.4 Å². The van der Waals surface area contributed by atoms with Gasteiger partial charge in [0, 0.05) is 18.8 Å². The molecule has 162 valence electrons. The number of ether oxygens (including phenoxy) is 1. The van der Waals surface area contributed by atoms with Gasteiger partial charge in [-0.15, -0.1) is 0 Å². The third-order valence-electron chi connectivity index (χ3n) is 4.63. The van der Waals surface area contributed by atoms with Gasteiger partial charge in [0.2, 0.25) is 0 Å². The number of sulfonamides is 1. The molecule has 1 N–H and O–H groups in total. The van der Waals surface area contributed by atoms with E-state index in [0.717, 1.165) is 9.87 Å². The van der Waals surface area contributed by atoms with Gasteiger partial charge in [-0.2, -0.15) is 0 Å². The summed E-state index contributed by atoms with van der Waals surface area (Å²) in [7, 11) is -2.38. The van der Waals surface area contributed by atoms with Crippen LogP contribution in [-0.4, -0.2) is 27.5 Å². The number of nitrogens with one attached hydrogen (secondary N) is 1. The fourth-order valence-electron chi connectivity index (χ4n) is 3.06. The molecule has 3 aromatic carbocycles.